The first-order valence-electron chi connectivity index (χ1n) is 8.07. The Morgan fingerprint density at radius 1 is 1.04 bits per heavy atom. The number of nitrogens with zero attached hydrogens (tertiary/aromatic N) is 1. The molecule has 0 amide bonds. The fourth-order valence-corrected chi connectivity index (χ4v) is 3.26. The van der Waals surface area contributed by atoms with Gasteiger partial charge in [0.2, 0.25) is 0 Å². The zero-order valence-electron chi connectivity index (χ0n) is 14.1. The van der Waals surface area contributed by atoms with E-state index in [0.717, 1.165) is 28.3 Å². The van der Waals surface area contributed by atoms with Crippen LogP contribution in [-0.4, -0.2) is 33.3 Å². The van der Waals surface area contributed by atoms with E-state index in [1.54, 1.807) is 20.4 Å². The van der Waals surface area contributed by atoms with Crippen LogP contribution in [0.2, 0.25) is 0 Å². The van der Waals surface area contributed by atoms with Crippen LogP contribution in [0, 0.1) is 0 Å². The molecule has 5 heteroatoms. The average molecular weight is 337 g/mol. The standard InChI is InChI=1S/C20H19NO4/c1-22-15-9-7-14(8-10-15)20-11-17(21-12-19(20)24-13-25-20)16-5-3-4-6-18(16)23-2/h3-12,19H,13H2,1-2H3. The van der Waals surface area contributed by atoms with Crippen molar-refractivity contribution < 1.29 is 18.9 Å². The molecule has 2 atom stereocenters. The number of rotatable bonds is 4. The lowest BCUT2D eigenvalue weighted by Crippen LogP contribution is -2.38. The van der Waals surface area contributed by atoms with Crippen molar-refractivity contribution in [1.82, 2.24) is 0 Å². The monoisotopic (exact) mass is 337 g/mol. The van der Waals surface area contributed by atoms with Crippen molar-refractivity contribution in [3.05, 3.63) is 65.7 Å². The summed E-state index contributed by atoms with van der Waals surface area (Å²) in [6.07, 6.45) is 3.56. The zero-order chi connectivity index (χ0) is 17.3. The summed E-state index contributed by atoms with van der Waals surface area (Å²) in [4.78, 5) is 4.58. The van der Waals surface area contributed by atoms with Crippen LogP contribution in [0.3, 0.4) is 0 Å². The van der Waals surface area contributed by atoms with Gasteiger partial charge >= 0.3 is 0 Å². The van der Waals surface area contributed by atoms with Gasteiger partial charge in [0.05, 0.1) is 19.9 Å². The first-order chi connectivity index (χ1) is 12.3. The van der Waals surface area contributed by atoms with E-state index in [1.165, 1.54) is 0 Å². The van der Waals surface area contributed by atoms with Crippen LogP contribution in [-0.2, 0) is 15.1 Å². The predicted octanol–water partition coefficient (Wildman–Crippen LogP) is 3.40. The summed E-state index contributed by atoms with van der Waals surface area (Å²) in [6, 6.07) is 15.6. The fourth-order valence-electron chi connectivity index (χ4n) is 3.26. The third-order valence-electron chi connectivity index (χ3n) is 4.59. The topological polar surface area (TPSA) is 49.3 Å². The highest BCUT2D eigenvalue weighted by Crippen LogP contribution is 2.43. The second-order valence-electron chi connectivity index (χ2n) is 5.88. The van der Waals surface area contributed by atoms with Crippen LogP contribution < -0.4 is 9.47 Å². The maximum Gasteiger partial charge on any atom is 0.149 e. The van der Waals surface area contributed by atoms with Gasteiger partial charge in [-0.05, 0) is 35.9 Å². The Balaban J connectivity index is 1.81. The number of hydrogen-bond acceptors (Lipinski definition) is 5. The van der Waals surface area contributed by atoms with Gasteiger partial charge in [-0.1, -0.05) is 24.3 Å². The highest BCUT2D eigenvalue weighted by Gasteiger charge is 2.47. The molecule has 5 nitrogen and oxygen atoms in total. The molecule has 2 heterocycles. The van der Waals surface area contributed by atoms with E-state index in [9.17, 15) is 0 Å². The average Bonchev–Trinajstić information content (AvgIpc) is 3.12. The van der Waals surface area contributed by atoms with Crippen molar-refractivity contribution in [2.75, 3.05) is 21.0 Å². The lowest BCUT2D eigenvalue weighted by molar-refractivity contribution is 0.0154. The lowest BCUT2D eigenvalue weighted by Gasteiger charge is -2.31. The molecule has 0 N–H and O–H groups in total. The summed E-state index contributed by atoms with van der Waals surface area (Å²) in [5, 5.41) is 0. The highest BCUT2D eigenvalue weighted by molar-refractivity contribution is 5.84. The van der Waals surface area contributed by atoms with Crippen LogP contribution in [0.25, 0.3) is 5.70 Å². The molecular formula is C20H19NO4. The van der Waals surface area contributed by atoms with Gasteiger partial charge in [0, 0.05) is 11.8 Å². The number of hydrogen-bond donors (Lipinski definition) is 0. The first kappa shape index (κ1) is 15.9. The summed E-state index contributed by atoms with van der Waals surface area (Å²) in [5.41, 5.74) is 2.01. The van der Waals surface area contributed by atoms with Gasteiger partial charge in [0.25, 0.3) is 0 Å². The molecule has 2 aliphatic rings. The molecule has 25 heavy (non-hydrogen) atoms. The van der Waals surface area contributed by atoms with E-state index in [1.807, 2.05) is 54.6 Å². The molecule has 1 fully saturated rings. The van der Waals surface area contributed by atoms with Gasteiger partial charge in [-0.3, -0.25) is 4.99 Å². The number of benzene rings is 2. The Morgan fingerprint density at radius 3 is 2.60 bits per heavy atom. The highest BCUT2D eigenvalue weighted by atomic mass is 16.7. The van der Waals surface area contributed by atoms with Crippen LogP contribution in [0.15, 0.2) is 59.6 Å². The van der Waals surface area contributed by atoms with Crippen LogP contribution in [0.5, 0.6) is 11.5 Å². The third-order valence-corrected chi connectivity index (χ3v) is 4.59. The van der Waals surface area contributed by atoms with Crippen molar-refractivity contribution in [2.24, 2.45) is 4.99 Å². The molecule has 0 bridgehead atoms. The Labute approximate surface area is 146 Å². The fraction of sp³-hybridized carbons (Fsp3) is 0.250. The second kappa shape index (κ2) is 6.35. The van der Waals surface area contributed by atoms with Crippen molar-refractivity contribution in [3.8, 4) is 11.5 Å². The largest absolute Gasteiger partial charge is 0.497 e. The molecule has 2 unspecified atom stereocenters. The minimum atomic E-state index is -0.704. The summed E-state index contributed by atoms with van der Waals surface area (Å²) in [5.74, 6) is 1.57. The van der Waals surface area contributed by atoms with Gasteiger partial charge in [-0.25, -0.2) is 0 Å². The quantitative estimate of drug-likeness (QED) is 0.858. The van der Waals surface area contributed by atoms with Crippen LogP contribution in [0.1, 0.15) is 11.1 Å². The molecule has 2 aromatic rings. The summed E-state index contributed by atoms with van der Waals surface area (Å²) in [6.45, 7) is 0.221. The molecule has 1 saturated heterocycles. The van der Waals surface area contributed by atoms with Gasteiger partial charge in [-0.15, -0.1) is 0 Å². The molecule has 0 spiro atoms. The van der Waals surface area contributed by atoms with E-state index in [-0.39, 0.29) is 12.9 Å². The van der Waals surface area contributed by atoms with Crippen LogP contribution in [0.4, 0.5) is 0 Å². The van der Waals surface area contributed by atoms with Crippen LogP contribution >= 0.6 is 0 Å². The molecule has 4 rings (SSSR count). The maximum absolute atomic E-state index is 6.06. The van der Waals surface area contributed by atoms with Gasteiger partial charge < -0.3 is 18.9 Å². The van der Waals surface area contributed by atoms with Crippen molar-refractivity contribution >= 4 is 11.9 Å². The SMILES string of the molecule is COc1ccc(C23C=C(c4ccccc4OC)N=CC2OCO3)cc1. The maximum atomic E-state index is 6.06. The van der Waals surface area contributed by atoms with Gasteiger partial charge in [-0.2, -0.15) is 0 Å². The number of ether oxygens (including phenoxy) is 4. The Morgan fingerprint density at radius 2 is 1.84 bits per heavy atom. The van der Waals surface area contributed by atoms with E-state index in [0.29, 0.717) is 0 Å². The first-order valence-corrected chi connectivity index (χ1v) is 8.07. The van der Waals surface area contributed by atoms with E-state index < -0.39 is 5.60 Å². The summed E-state index contributed by atoms with van der Waals surface area (Å²) < 4.78 is 22.5. The molecule has 128 valence electrons. The van der Waals surface area contributed by atoms with Gasteiger partial charge in [0.1, 0.15) is 30.0 Å². The number of methoxy groups -OCH3 is 2. The minimum absolute atomic E-state index is 0.221. The molecule has 0 saturated carbocycles. The smallest absolute Gasteiger partial charge is 0.149 e. The van der Waals surface area contributed by atoms with Crippen molar-refractivity contribution in [1.29, 1.82) is 0 Å². The predicted molar refractivity (Wildman–Crippen MR) is 95.0 cm³/mol. The molecule has 0 aliphatic carbocycles. The third kappa shape index (κ3) is 2.62. The van der Waals surface area contributed by atoms with Gasteiger partial charge in [0.15, 0.2) is 0 Å². The number of para-hydroxylation sites is 1. The zero-order valence-corrected chi connectivity index (χ0v) is 14.1. The Hall–Kier alpha value is -2.63. The molecule has 0 radical (unpaired) electrons. The van der Waals surface area contributed by atoms with E-state index in [2.05, 4.69) is 4.99 Å². The molecule has 2 aliphatic heterocycles. The number of aliphatic imine (C=N–C) groups is 1. The lowest BCUT2D eigenvalue weighted by atomic mass is 9.85. The van der Waals surface area contributed by atoms with E-state index in [4.69, 9.17) is 18.9 Å². The molecular weight excluding hydrogens is 318 g/mol. The molecule has 2 aromatic carbocycles. The second-order valence-corrected chi connectivity index (χ2v) is 5.88. The number of fused-ring (bicyclic) bond motifs is 1. The summed E-state index contributed by atoms with van der Waals surface area (Å²) in [7, 11) is 3.31. The van der Waals surface area contributed by atoms with E-state index >= 15 is 0 Å². The summed E-state index contributed by atoms with van der Waals surface area (Å²) >= 11 is 0. The molecule has 0 aromatic heterocycles. The normalized spacial score (nSPS) is 24.6. The van der Waals surface area contributed by atoms with Crippen molar-refractivity contribution in [3.63, 3.8) is 0 Å². The Bertz CT molecular complexity index is 828. The van der Waals surface area contributed by atoms with Crippen molar-refractivity contribution in [2.45, 2.75) is 11.7 Å². The minimum Gasteiger partial charge on any atom is -0.497 e. The Kier molecular flexibility index (Phi) is 4.03.